The summed E-state index contributed by atoms with van der Waals surface area (Å²) in [6.45, 7) is 1.94. The fraction of sp³-hybridized carbons (Fsp3) is 0.190. The van der Waals surface area contributed by atoms with Gasteiger partial charge in [0.05, 0.1) is 5.69 Å². The van der Waals surface area contributed by atoms with Crippen LogP contribution in [-0.4, -0.2) is 35.9 Å². The van der Waals surface area contributed by atoms with Gasteiger partial charge in [-0.1, -0.05) is 18.2 Å². The molecule has 0 atom stereocenters. The van der Waals surface area contributed by atoms with Crippen LogP contribution >= 0.6 is 0 Å². The predicted octanol–water partition coefficient (Wildman–Crippen LogP) is 3.04. The van der Waals surface area contributed by atoms with Crippen LogP contribution < -0.4 is 5.32 Å². The monoisotopic (exact) mass is 403 g/mol. The molecule has 2 aromatic carbocycles. The molecule has 0 saturated carbocycles. The minimum atomic E-state index is -0.369. The van der Waals surface area contributed by atoms with Crippen molar-refractivity contribution >= 4 is 11.6 Å². The van der Waals surface area contributed by atoms with Gasteiger partial charge in [-0.3, -0.25) is 4.79 Å². The lowest BCUT2D eigenvalue weighted by molar-refractivity contribution is 0.102. The van der Waals surface area contributed by atoms with Crippen LogP contribution in [0.3, 0.4) is 0 Å². The van der Waals surface area contributed by atoms with E-state index in [0.29, 0.717) is 17.1 Å². The lowest BCUT2D eigenvalue weighted by Gasteiger charge is -2.09. The van der Waals surface area contributed by atoms with E-state index in [9.17, 15) is 9.18 Å². The zero-order chi connectivity index (χ0) is 20.7. The molecular formula is C21H18FN7O. The van der Waals surface area contributed by atoms with Crippen molar-refractivity contribution in [1.82, 2.24) is 30.0 Å². The number of nitrogens with one attached hydrogen (secondary N) is 1. The average molecular weight is 403 g/mol. The highest BCUT2D eigenvalue weighted by Gasteiger charge is 2.28. The topological polar surface area (TPSA) is 90.5 Å². The molecule has 0 unspecified atom stereocenters. The van der Waals surface area contributed by atoms with E-state index in [1.54, 1.807) is 28.9 Å². The van der Waals surface area contributed by atoms with Gasteiger partial charge >= 0.3 is 0 Å². The van der Waals surface area contributed by atoms with Crippen molar-refractivity contribution in [3.8, 4) is 11.4 Å². The van der Waals surface area contributed by atoms with Gasteiger partial charge in [0.2, 0.25) is 0 Å². The molecule has 0 aliphatic heterocycles. The van der Waals surface area contributed by atoms with Gasteiger partial charge in [0.25, 0.3) is 5.91 Å². The number of tetrazole rings is 1. The van der Waals surface area contributed by atoms with Crippen LogP contribution in [0.1, 0.15) is 33.7 Å². The van der Waals surface area contributed by atoms with Gasteiger partial charge in [-0.2, -0.15) is 5.10 Å². The lowest BCUT2D eigenvalue weighted by atomic mass is 10.1. The van der Waals surface area contributed by atoms with Crippen molar-refractivity contribution in [2.45, 2.75) is 26.2 Å². The van der Waals surface area contributed by atoms with Crippen LogP contribution in [0.4, 0.5) is 10.1 Å². The summed E-state index contributed by atoms with van der Waals surface area (Å²) < 4.78 is 17.4. The van der Waals surface area contributed by atoms with Crippen molar-refractivity contribution in [2.75, 3.05) is 5.32 Å². The smallest absolute Gasteiger partial charge is 0.276 e. The minimum absolute atomic E-state index is 0.324. The first-order valence-corrected chi connectivity index (χ1v) is 9.63. The average Bonchev–Trinajstić information content (AvgIpc) is 3.48. The Bertz CT molecular complexity index is 1250. The molecular weight excluding hydrogens is 385 g/mol. The molecule has 9 heteroatoms. The van der Waals surface area contributed by atoms with Gasteiger partial charge in [0, 0.05) is 16.9 Å². The molecule has 2 heterocycles. The maximum Gasteiger partial charge on any atom is 0.276 e. The van der Waals surface area contributed by atoms with Crippen molar-refractivity contribution in [2.24, 2.45) is 0 Å². The maximum absolute atomic E-state index is 14.3. The quantitative estimate of drug-likeness (QED) is 0.566. The van der Waals surface area contributed by atoms with Crippen LogP contribution in [0.5, 0.6) is 0 Å². The summed E-state index contributed by atoms with van der Waals surface area (Å²) in [5.41, 5.74) is 4.78. The molecule has 150 valence electrons. The van der Waals surface area contributed by atoms with Gasteiger partial charge in [-0.25, -0.2) is 13.8 Å². The second-order valence-corrected chi connectivity index (χ2v) is 7.20. The Morgan fingerprint density at radius 2 is 2.00 bits per heavy atom. The lowest BCUT2D eigenvalue weighted by Crippen LogP contribution is -2.15. The van der Waals surface area contributed by atoms with Crippen molar-refractivity contribution < 1.29 is 9.18 Å². The normalized spacial score (nSPS) is 12.7. The largest absolute Gasteiger partial charge is 0.321 e. The number of benzene rings is 2. The fourth-order valence-electron chi connectivity index (χ4n) is 3.84. The number of fused-ring (bicyclic) bond motifs is 1. The number of hydrogen-bond donors (Lipinski definition) is 1. The summed E-state index contributed by atoms with van der Waals surface area (Å²) in [7, 11) is 0. The van der Waals surface area contributed by atoms with Crippen LogP contribution in [0, 0.1) is 12.7 Å². The third-order valence-electron chi connectivity index (χ3n) is 5.29. The van der Waals surface area contributed by atoms with Crippen molar-refractivity contribution in [3.05, 3.63) is 77.1 Å². The third-order valence-corrected chi connectivity index (χ3v) is 5.29. The second-order valence-electron chi connectivity index (χ2n) is 7.20. The Kier molecular flexibility index (Phi) is 4.35. The molecule has 1 aliphatic rings. The Morgan fingerprint density at radius 1 is 1.13 bits per heavy atom. The molecule has 1 N–H and O–H groups in total. The molecule has 0 bridgehead atoms. The van der Waals surface area contributed by atoms with Crippen LogP contribution in [-0.2, 0) is 12.8 Å². The molecule has 30 heavy (non-hydrogen) atoms. The Labute approximate surface area is 171 Å². The van der Waals surface area contributed by atoms with E-state index in [4.69, 9.17) is 0 Å². The highest BCUT2D eigenvalue weighted by Crippen LogP contribution is 2.29. The summed E-state index contributed by atoms with van der Waals surface area (Å²) >= 11 is 0. The van der Waals surface area contributed by atoms with Gasteiger partial charge in [-0.05, 0) is 66.4 Å². The number of carbonyl (C=O) groups is 1. The predicted molar refractivity (Wildman–Crippen MR) is 107 cm³/mol. The van der Waals surface area contributed by atoms with E-state index in [2.05, 4.69) is 25.9 Å². The zero-order valence-electron chi connectivity index (χ0n) is 16.2. The van der Waals surface area contributed by atoms with Crippen molar-refractivity contribution in [3.63, 3.8) is 0 Å². The summed E-state index contributed by atoms with van der Waals surface area (Å²) in [5, 5.41) is 18.6. The summed E-state index contributed by atoms with van der Waals surface area (Å²) in [6.07, 6.45) is 3.92. The summed E-state index contributed by atoms with van der Waals surface area (Å²) in [5.74, 6) is -0.693. The number of hydrogen-bond acceptors (Lipinski definition) is 5. The van der Waals surface area contributed by atoms with Crippen LogP contribution in [0.2, 0.25) is 0 Å². The number of rotatable bonds is 4. The molecule has 0 fully saturated rings. The Hall–Kier alpha value is -3.88. The third kappa shape index (κ3) is 3.04. The second kappa shape index (κ2) is 7.18. The van der Waals surface area contributed by atoms with E-state index in [-0.39, 0.29) is 11.7 Å². The number of nitrogens with zero attached hydrogens (tertiary/aromatic N) is 6. The van der Waals surface area contributed by atoms with E-state index in [0.717, 1.165) is 41.8 Å². The maximum atomic E-state index is 14.3. The van der Waals surface area contributed by atoms with Gasteiger partial charge < -0.3 is 5.32 Å². The highest BCUT2D eigenvalue weighted by molar-refractivity contribution is 6.04. The van der Waals surface area contributed by atoms with E-state index in [1.807, 2.05) is 19.1 Å². The molecule has 1 aliphatic carbocycles. The first kappa shape index (κ1) is 18.2. The standard InChI is InChI=1S/C21H18FN7O/c1-13-9-10-14(11-19(13)28-12-23-26-27-28)24-21(30)20-15-5-4-8-17(15)29(25-20)18-7-3-2-6-16(18)22/h2-3,6-7,9-12H,4-5,8H2,1H3,(H,24,30). The zero-order valence-corrected chi connectivity index (χ0v) is 16.2. The van der Waals surface area contributed by atoms with E-state index >= 15 is 0 Å². The summed E-state index contributed by atoms with van der Waals surface area (Å²) in [4.78, 5) is 13.1. The van der Waals surface area contributed by atoms with E-state index < -0.39 is 0 Å². The number of carbonyl (C=O) groups excluding carboxylic acids is 1. The minimum Gasteiger partial charge on any atom is -0.321 e. The molecule has 8 nitrogen and oxygen atoms in total. The first-order chi connectivity index (χ1) is 14.6. The fourth-order valence-corrected chi connectivity index (χ4v) is 3.84. The summed E-state index contributed by atoms with van der Waals surface area (Å²) in [6, 6.07) is 12.0. The van der Waals surface area contributed by atoms with Crippen LogP contribution in [0.25, 0.3) is 11.4 Å². The molecule has 2 aromatic heterocycles. The molecule has 0 spiro atoms. The number of para-hydroxylation sites is 1. The SMILES string of the molecule is Cc1ccc(NC(=O)c2nn(-c3ccccc3F)c3c2CCC3)cc1-n1cnnn1. The number of amides is 1. The van der Waals surface area contributed by atoms with Crippen LogP contribution in [0.15, 0.2) is 48.8 Å². The van der Waals surface area contributed by atoms with Gasteiger partial charge in [-0.15, -0.1) is 5.10 Å². The van der Waals surface area contributed by atoms with E-state index in [1.165, 1.54) is 17.1 Å². The van der Waals surface area contributed by atoms with Gasteiger partial charge in [0.15, 0.2) is 5.69 Å². The molecule has 0 saturated heterocycles. The number of aromatic nitrogens is 6. The number of aryl methyl sites for hydroxylation is 1. The molecule has 1 amide bonds. The molecule has 4 aromatic rings. The number of anilines is 1. The number of halogens is 1. The Balaban J connectivity index is 1.49. The highest BCUT2D eigenvalue weighted by atomic mass is 19.1. The Morgan fingerprint density at radius 3 is 2.80 bits per heavy atom. The molecule has 5 rings (SSSR count). The molecule has 0 radical (unpaired) electrons. The van der Waals surface area contributed by atoms with Gasteiger partial charge in [0.1, 0.15) is 17.8 Å². The first-order valence-electron chi connectivity index (χ1n) is 9.63. The van der Waals surface area contributed by atoms with Crippen molar-refractivity contribution in [1.29, 1.82) is 0 Å².